The summed E-state index contributed by atoms with van der Waals surface area (Å²) < 4.78 is 28.4. The first-order valence-corrected chi connectivity index (χ1v) is 9.61. The molecule has 0 radical (unpaired) electrons. The molecule has 0 aliphatic carbocycles. The summed E-state index contributed by atoms with van der Waals surface area (Å²) >= 11 is 0. The van der Waals surface area contributed by atoms with Gasteiger partial charge in [-0.05, 0) is 44.9 Å². The number of carbonyl (C=O) groups excluding carboxylic acids is 1. The minimum absolute atomic E-state index is 0.0238. The third-order valence-corrected chi connectivity index (χ3v) is 5.44. The van der Waals surface area contributed by atoms with Crippen LogP contribution in [0.15, 0.2) is 24.3 Å². The SMILES string of the molecule is CC(C)Oc1ccc(C(C)NC(=O)NC2CCS(=O)(=O)C2)cc1. The highest BCUT2D eigenvalue weighted by Crippen LogP contribution is 2.18. The molecular weight excluding hydrogens is 316 g/mol. The molecule has 2 N–H and O–H groups in total. The van der Waals surface area contributed by atoms with Gasteiger partial charge in [0.15, 0.2) is 9.84 Å². The van der Waals surface area contributed by atoms with E-state index in [1.54, 1.807) is 0 Å². The Hall–Kier alpha value is -1.76. The fraction of sp³-hybridized carbons (Fsp3) is 0.562. The van der Waals surface area contributed by atoms with Crippen molar-refractivity contribution >= 4 is 15.9 Å². The van der Waals surface area contributed by atoms with E-state index in [4.69, 9.17) is 4.74 Å². The minimum atomic E-state index is -2.99. The Morgan fingerprint density at radius 2 is 1.87 bits per heavy atom. The van der Waals surface area contributed by atoms with Crippen molar-refractivity contribution < 1.29 is 17.9 Å². The van der Waals surface area contributed by atoms with Gasteiger partial charge in [0.2, 0.25) is 0 Å². The summed E-state index contributed by atoms with van der Waals surface area (Å²) in [6, 6.07) is 6.73. The van der Waals surface area contributed by atoms with E-state index < -0.39 is 9.84 Å². The number of urea groups is 1. The molecule has 6 nitrogen and oxygen atoms in total. The van der Waals surface area contributed by atoms with Gasteiger partial charge in [-0.2, -0.15) is 0 Å². The van der Waals surface area contributed by atoms with Crippen LogP contribution in [0.2, 0.25) is 0 Å². The van der Waals surface area contributed by atoms with Gasteiger partial charge in [-0.1, -0.05) is 12.1 Å². The molecule has 0 aromatic heterocycles. The summed E-state index contributed by atoms with van der Waals surface area (Å²) in [7, 11) is -2.99. The number of benzene rings is 1. The largest absolute Gasteiger partial charge is 0.491 e. The number of hydrogen-bond acceptors (Lipinski definition) is 4. The van der Waals surface area contributed by atoms with Crippen molar-refractivity contribution in [1.82, 2.24) is 10.6 Å². The highest BCUT2D eigenvalue weighted by Gasteiger charge is 2.29. The third kappa shape index (κ3) is 5.42. The smallest absolute Gasteiger partial charge is 0.315 e. The van der Waals surface area contributed by atoms with Crippen LogP contribution in [0.5, 0.6) is 5.75 Å². The first kappa shape index (κ1) is 17.6. The molecule has 2 atom stereocenters. The van der Waals surface area contributed by atoms with Crippen LogP contribution in [-0.2, 0) is 9.84 Å². The maximum Gasteiger partial charge on any atom is 0.315 e. The van der Waals surface area contributed by atoms with Crippen molar-refractivity contribution in [3.63, 3.8) is 0 Å². The lowest BCUT2D eigenvalue weighted by atomic mass is 10.1. The Labute approximate surface area is 137 Å². The van der Waals surface area contributed by atoms with Crippen molar-refractivity contribution in [2.75, 3.05) is 11.5 Å². The molecule has 23 heavy (non-hydrogen) atoms. The van der Waals surface area contributed by atoms with E-state index in [9.17, 15) is 13.2 Å². The van der Waals surface area contributed by atoms with Crippen molar-refractivity contribution in [1.29, 1.82) is 0 Å². The number of hydrogen-bond donors (Lipinski definition) is 2. The molecule has 1 heterocycles. The second-order valence-electron chi connectivity index (χ2n) is 6.18. The summed E-state index contributed by atoms with van der Waals surface area (Å²) in [5.74, 6) is 0.956. The second-order valence-corrected chi connectivity index (χ2v) is 8.40. The topological polar surface area (TPSA) is 84.5 Å². The number of rotatable bonds is 5. The zero-order valence-electron chi connectivity index (χ0n) is 13.7. The van der Waals surface area contributed by atoms with Crippen LogP contribution in [0, 0.1) is 0 Å². The quantitative estimate of drug-likeness (QED) is 0.859. The zero-order valence-corrected chi connectivity index (χ0v) is 14.5. The zero-order chi connectivity index (χ0) is 17.0. The Balaban J connectivity index is 1.86. The van der Waals surface area contributed by atoms with Crippen molar-refractivity contribution in [2.24, 2.45) is 0 Å². The van der Waals surface area contributed by atoms with Crippen molar-refractivity contribution in [3.8, 4) is 5.75 Å². The summed E-state index contributed by atoms with van der Waals surface area (Å²) in [4.78, 5) is 12.0. The molecule has 1 saturated heterocycles. The summed E-state index contributed by atoms with van der Waals surface area (Å²) in [6.07, 6.45) is 0.593. The maximum absolute atomic E-state index is 12.0. The van der Waals surface area contributed by atoms with Gasteiger partial charge in [-0.15, -0.1) is 0 Å². The molecule has 0 saturated carbocycles. The lowest BCUT2D eigenvalue weighted by molar-refractivity contribution is 0.235. The number of amides is 2. The molecule has 1 aliphatic rings. The Bertz CT molecular complexity index is 641. The molecule has 2 unspecified atom stereocenters. The molecule has 1 aromatic rings. The van der Waals surface area contributed by atoms with E-state index in [1.807, 2.05) is 45.0 Å². The predicted molar refractivity (Wildman–Crippen MR) is 89.3 cm³/mol. The normalized spacial score (nSPS) is 21.0. The number of nitrogens with one attached hydrogen (secondary N) is 2. The summed E-state index contributed by atoms with van der Waals surface area (Å²) in [5, 5.41) is 5.54. The van der Waals surface area contributed by atoms with Crippen LogP contribution in [0.4, 0.5) is 4.79 Å². The lowest BCUT2D eigenvalue weighted by Gasteiger charge is -2.18. The van der Waals surface area contributed by atoms with Crippen LogP contribution in [0.3, 0.4) is 0 Å². The second kappa shape index (κ2) is 7.21. The van der Waals surface area contributed by atoms with Gasteiger partial charge in [-0.25, -0.2) is 13.2 Å². The number of ether oxygens (including phenoxy) is 1. The van der Waals surface area contributed by atoms with Gasteiger partial charge < -0.3 is 15.4 Å². The first-order chi connectivity index (χ1) is 10.7. The van der Waals surface area contributed by atoms with Gasteiger partial charge in [0, 0.05) is 6.04 Å². The average molecular weight is 340 g/mol. The molecule has 7 heteroatoms. The Morgan fingerprint density at radius 1 is 1.22 bits per heavy atom. The highest BCUT2D eigenvalue weighted by atomic mass is 32.2. The fourth-order valence-corrected chi connectivity index (χ4v) is 4.20. The van der Waals surface area contributed by atoms with Crippen LogP contribution in [-0.4, -0.2) is 38.1 Å². The summed E-state index contributed by atoms with van der Waals surface area (Å²) in [5.41, 5.74) is 0.954. The molecule has 128 valence electrons. The maximum atomic E-state index is 12.0. The summed E-state index contributed by atoms with van der Waals surface area (Å²) in [6.45, 7) is 5.81. The fourth-order valence-electron chi connectivity index (χ4n) is 2.52. The van der Waals surface area contributed by atoms with Gasteiger partial charge in [0.25, 0.3) is 0 Å². The van der Waals surface area contributed by atoms with Crippen LogP contribution in [0.25, 0.3) is 0 Å². The minimum Gasteiger partial charge on any atom is -0.491 e. The molecule has 2 amide bonds. The van der Waals surface area contributed by atoms with E-state index in [2.05, 4.69) is 10.6 Å². The molecule has 2 rings (SSSR count). The molecule has 1 aromatic carbocycles. The van der Waals surface area contributed by atoms with Crippen LogP contribution >= 0.6 is 0 Å². The number of carbonyl (C=O) groups is 1. The standard InChI is InChI=1S/C16H24N2O4S/c1-11(2)22-15-6-4-13(5-7-15)12(3)17-16(19)18-14-8-9-23(20,21)10-14/h4-7,11-12,14H,8-10H2,1-3H3,(H2,17,18,19). The van der Waals surface area contributed by atoms with Gasteiger partial charge >= 0.3 is 6.03 Å². The van der Waals surface area contributed by atoms with Crippen molar-refractivity contribution in [3.05, 3.63) is 29.8 Å². The van der Waals surface area contributed by atoms with Gasteiger partial charge in [0.05, 0.1) is 23.7 Å². The molecule has 1 aliphatic heterocycles. The molecular formula is C16H24N2O4S. The first-order valence-electron chi connectivity index (χ1n) is 7.79. The van der Waals surface area contributed by atoms with Crippen LogP contribution < -0.4 is 15.4 Å². The lowest BCUT2D eigenvalue weighted by Crippen LogP contribution is -2.43. The molecule has 0 bridgehead atoms. The molecule has 1 fully saturated rings. The van der Waals surface area contributed by atoms with E-state index in [0.29, 0.717) is 6.42 Å². The van der Waals surface area contributed by atoms with Gasteiger partial charge in [0.1, 0.15) is 5.75 Å². The Kier molecular flexibility index (Phi) is 5.51. The number of sulfone groups is 1. The average Bonchev–Trinajstić information content (AvgIpc) is 2.77. The monoisotopic (exact) mass is 340 g/mol. The van der Waals surface area contributed by atoms with E-state index in [0.717, 1.165) is 11.3 Å². The predicted octanol–water partition coefficient (Wildman–Crippen LogP) is 2.02. The van der Waals surface area contributed by atoms with Crippen LogP contribution in [0.1, 0.15) is 38.8 Å². The van der Waals surface area contributed by atoms with Gasteiger partial charge in [-0.3, -0.25) is 0 Å². The van der Waals surface area contributed by atoms with E-state index in [-0.39, 0.29) is 35.7 Å². The Morgan fingerprint density at radius 3 is 2.39 bits per heavy atom. The van der Waals surface area contributed by atoms with E-state index >= 15 is 0 Å². The third-order valence-electron chi connectivity index (χ3n) is 3.67. The van der Waals surface area contributed by atoms with E-state index in [1.165, 1.54) is 0 Å². The highest BCUT2D eigenvalue weighted by molar-refractivity contribution is 7.91. The van der Waals surface area contributed by atoms with Crippen molar-refractivity contribution in [2.45, 2.75) is 45.4 Å². The molecule has 0 spiro atoms.